The standard InChI is InChI=1S/C20H31N3O2S.ClH/c1-15(2)11-18(24)22-7-3-19(25)23(13-16-4-10-26-14-16)17-12-20(17)5-8-21-9-6-20;/h4,10,14-15,17,21H,3,5-9,11-13H2,1-2H3,(H,22,24);1H. The summed E-state index contributed by atoms with van der Waals surface area (Å²) in [6.07, 6.45) is 4.36. The molecule has 1 spiro atoms. The number of hydrogen-bond acceptors (Lipinski definition) is 4. The lowest BCUT2D eigenvalue weighted by Crippen LogP contribution is -2.40. The molecule has 1 aromatic heterocycles. The van der Waals surface area contributed by atoms with Crippen LogP contribution in [0.1, 0.15) is 51.5 Å². The zero-order chi connectivity index (χ0) is 18.6. The number of rotatable bonds is 8. The fourth-order valence-corrected chi connectivity index (χ4v) is 4.74. The van der Waals surface area contributed by atoms with Gasteiger partial charge in [-0.1, -0.05) is 13.8 Å². The second-order valence-corrected chi connectivity index (χ2v) is 8.96. The second kappa shape index (κ2) is 9.89. The quantitative estimate of drug-likeness (QED) is 0.688. The summed E-state index contributed by atoms with van der Waals surface area (Å²) in [6.45, 7) is 7.30. The van der Waals surface area contributed by atoms with E-state index in [1.165, 1.54) is 5.56 Å². The van der Waals surface area contributed by atoms with Crippen molar-refractivity contribution in [1.29, 1.82) is 0 Å². The number of carbonyl (C=O) groups is 2. The van der Waals surface area contributed by atoms with Crippen molar-refractivity contribution in [3.05, 3.63) is 22.4 Å². The molecule has 1 aromatic rings. The Hall–Kier alpha value is -1.11. The first-order valence-electron chi connectivity index (χ1n) is 9.78. The van der Waals surface area contributed by atoms with Crippen LogP contribution in [0.25, 0.3) is 0 Å². The number of hydrogen-bond donors (Lipinski definition) is 2. The first-order chi connectivity index (χ1) is 12.5. The predicted octanol–water partition coefficient (Wildman–Crippen LogP) is 3.19. The molecule has 1 aliphatic carbocycles. The van der Waals surface area contributed by atoms with Gasteiger partial charge in [-0.3, -0.25) is 9.59 Å². The number of nitrogens with zero attached hydrogens (tertiary/aromatic N) is 1. The molecule has 1 unspecified atom stereocenters. The molecular formula is C20H32ClN3O2S. The van der Waals surface area contributed by atoms with Crippen molar-refractivity contribution < 1.29 is 9.59 Å². The third kappa shape index (κ3) is 5.93. The maximum Gasteiger partial charge on any atom is 0.224 e. The SMILES string of the molecule is CC(C)CC(=O)NCCC(=O)N(Cc1ccsc1)C1CC12CCNCC2.Cl. The highest BCUT2D eigenvalue weighted by Gasteiger charge is 2.57. The van der Waals surface area contributed by atoms with E-state index in [2.05, 4.69) is 32.4 Å². The molecule has 1 saturated carbocycles. The van der Waals surface area contributed by atoms with E-state index < -0.39 is 0 Å². The minimum atomic E-state index is 0. The van der Waals surface area contributed by atoms with Gasteiger partial charge < -0.3 is 15.5 Å². The Morgan fingerprint density at radius 3 is 2.74 bits per heavy atom. The van der Waals surface area contributed by atoms with Gasteiger partial charge in [0.1, 0.15) is 0 Å². The summed E-state index contributed by atoms with van der Waals surface area (Å²) < 4.78 is 0. The van der Waals surface area contributed by atoms with Gasteiger partial charge in [-0.05, 0) is 66.1 Å². The summed E-state index contributed by atoms with van der Waals surface area (Å²) in [5.41, 5.74) is 1.54. The van der Waals surface area contributed by atoms with Crippen LogP contribution < -0.4 is 10.6 Å². The number of nitrogens with one attached hydrogen (secondary N) is 2. The lowest BCUT2D eigenvalue weighted by atomic mass is 9.93. The van der Waals surface area contributed by atoms with Crippen LogP contribution in [0.15, 0.2) is 16.8 Å². The molecule has 2 fully saturated rings. The van der Waals surface area contributed by atoms with Crippen LogP contribution in [-0.2, 0) is 16.1 Å². The summed E-state index contributed by atoms with van der Waals surface area (Å²) in [6, 6.07) is 2.47. The summed E-state index contributed by atoms with van der Waals surface area (Å²) in [5.74, 6) is 0.548. The Balaban J connectivity index is 0.00000261. The summed E-state index contributed by atoms with van der Waals surface area (Å²) in [4.78, 5) is 26.8. The van der Waals surface area contributed by atoms with Crippen LogP contribution in [0.3, 0.4) is 0 Å². The molecule has 0 radical (unpaired) electrons. The zero-order valence-electron chi connectivity index (χ0n) is 16.3. The minimum Gasteiger partial charge on any atom is -0.356 e. The van der Waals surface area contributed by atoms with Crippen molar-refractivity contribution in [2.75, 3.05) is 19.6 Å². The van der Waals surface area contributed by atoms with Crippen molar-refractivity contribution in [3.63, 3.8) is 0 Å². The van der Waals surface area contributed by atoms with Crippen LogP contribution in [0.4, 0.5) is 0 Å². The fraction of sp³-hybridized carbons (Fsp3) is 0.700. The van der Waals surface area contributed by atoms with E-state index >= 15 is 0 Å². The van der Waals surface area contributed by atoms with Crippen LogP contribution in [0, 0.1) is 11.3 Å². The number of amides is 2. The normalized spacial score (nSPS) is 20.2. The van der Waals surface area contributed by atoms with Gasteiger partial charge in [0, 0.05) is 32.0 Å². The monoisotopic (exact) mass is 413 g/mol. The first-order valence-corrected chi connectivity index (χ1v) is 10.7. The molecule has 0 bridgehead atoms. The third-order valence-corrected chi connectivity index (χ3v) is 6.36. The highest BCUT2D eigenvalue weighted by molar-refractivity contribution is 7.07. The maximum absolute atomic E-state index is 12.9. The van der Waals surface area contributed by atoms with Crippen molar-refractivity contribution in [2.24, 2.45) is 11.3 Å². The number of carbonyl (C=O) groups excluding carboxylic acids is 2. The van der Waals surface area contributed by atoms with E-state index in [1.54, 1.807) is 11.3 Å². The number of thiophene rings is 1. The summed E-state index contributed by atoms with van der Waals surface area (Å²) in [7, 11) is 0. The van der Waals surface area contributed by atoms with Crippen LogP contribution >= 0.6 is 23.7 Å². The fourth-order valence-electron chi connectivity index (χ4n) is 4.08. The van der Waals surface area contributed by atoms with Gasteiger partial charge in [0.2, 0.25) is 11.8 Å². The molecule has 1 atom stereocenters. The van der Waals surface area contributed by atoms with Crippen LogP contribution in [-0.4, -0.2) is 42.4 Å². The molecule has 27 heavy (non-hydrogen) atoms. The van der Waals surface area contributed by atoms with Gasteiger partial charge in [0.05, 0.1) is 0 Å². The Morgan fingerprint density at radius 1 is 1.37 bits per heavy atom. The van der Waals surface area contributed by atoms with Gasteiger partial charge >= 0.3 is 0 Å². The third-order valence-electron chi connectivity index (χ3n) is 5.63. The molecule has 0 aromatic carbocycles. The van der Waals surface area contributed by atoms with Crippen molar-refractivity contribution in [1.82, 2.24) is 15.5 Å². The molecule has 2 aliphatic rings. The van der Waals surface area contributed by atoms with Crippen LogP contribution in [0.5, 0.6) is 0 Å². The highest BCUT2D eigenvalue weighted by Crippen LogP contribution is 2.56. The Labute approximate surface area is 172 Å². The molecule has 1 saturated heterocycles. The van der Waals surface area contributed by atoms with E-state index in [9.17, 15) is 9.59 Å². The average Bonchev–Trinajstić information content (AvgIpc) is 3.03. The lowest BCUT2D eigenvalue weighted by molar-refractivity contribution is -0.133. The van der Waals surface area contributed by atoms with E-state index in [4.69, 9.17) is 0 Å². The molecule has 5 nitrogen and oxygen atoms in total. The highest BCUT2D eigenvalue weighted by atomic mass is 35.5. The number of halogens is 1. The Bertz CT molecular complexity index is 615. The molecule has 7 heteroatoms. The van der Waals surface area contributed by atoms with Crippen molar-refractivity contribution in [2.45, 2.75) is 58.5 Å². The molecule has 2 heterocycles. The molecule has 3 rings (SSSR count). The molecule has 2 amide bonds. The van der Waals surface area contributed by atoms with Gasteiger partial charge in [-0.25, -0.2) is 0 Å². The second-order valence-electron chi connectivity index (χ2n) is 8.18. The molecule has 1 aliphatic heterocycles. The van der Waals surface area contributed by atoms with Gasteiger partial charge in [-0.2, -0.15) is 11.3 Å². The Morgan fingerprint density at radius 2 is 2.11 bits per heavy atom. The van der Waals surface area contributed by atoms with E-state index in [0.29, 0.717) is 43.3 Å². The smallest absolute Gasteiger partial charge is 0.224 e. The molecular weight excluding hydrogens is 382 g/mol. The Kier molecular flexibility index (Phi) is 8.13. The van der Waals surface area contributed by atoms with Gasteiger partial charge in [0.25, 0.3) is 0 Å². The van der Waals surface area contributed by atoms with Gasteiger partial charge in [-0.15, -0.1) is 12.4 Å². The maximum atomic E-state index is 12.9. The average molecular weight is 414 g/mol. The van der Waals surface area contributed by atoms with Crippen molar-refractivity contribution >= 4 is 35.6 Å². The molecule has 2 N–H and O–H groups in total. The number of piperidine rings is 1. The summed E-state index contributed by atoms with van der Waals surface area (Å²) in [5, 5.41) is 10.5. The van der Waals surface area contributed by atoms with Gasteiger partial charge in [0.15, 0.2) is 0 Å². The lowest BCUT2D eigenvalue weighted by Gasteiger charge is -2.29. The largest absolute Gasteiger partial charge is 0.356 e. The minimum absolute atomic E-state index is 0. The van der Waals surface area contributed by atoms with E-state index in [1.807, 2.05) is 13.8 Å². The molecule has 152 valence electrons. The zero-order valence-corrected chi connectivity index (χ0v) is 18.0. The first kappa shape index (κ1) is 22.2. The van der Waals surface area contributed by atoms with Crippen molar-refractivity contribution in [3.8, 4) is 0 Å². The predicted molar refractivity (Wildman–Crippen MR) is 112 cm³/mol. The topological polar surface area (TPSA) is 61.4 Å². The van der Waals surface area contributed by atoms with E-state index in [0.717, 1.165) is 32.4 Å². The van der Waals surface area contributed by atoms with Crippen LogP contribution in [0.2, 0.25) is 0 Å². The summed E-state index contributed by atoms with van der Waals surface area (Å²) >= 11 is 1.67. The van der Waals surface area contributed by atoms with E-state index in [-0.39, 0.29) is 24.2 Å².